The normalized spacial score (nSPS) is 18.0. The summed E-state index contributed by atoms with van der Waals surface area (Å²) in [5, 5.41) is 6.01. The minimum absolute atomic E-state index is 0.00619. The number of nitrogens with one attached hydrogen (secondary N) is 2. The van der Waals surface area contributed by atoms with Crippen LogP contribution in [0.1, 0.15) is 35.4 Å². The van der Waals surface area contributed by atoms with E-state index in [0.29, 0.717) is 48.4 Å². The van der Waals surface area contributed by atoms with Crippen LogP contribution in [0.5, 0.6) is 0 Å². The molecule has 183 valence electrons. The topological polar surface area (TPSA) is 63.2 Å². The Bertz CT molecular complexity index is 1090. The largest absolute Gasteiger partial charge is 0.375 e. The molecule has 1 aromatic heterocycles. The molecule has 1 radical (unpaired) electrons. The molecule has 0 bridgehead atoms. The quantitative estimate of drug-likeness (QED) is 0.485. The first-order valence-electron chi connectivity index (χ1n) is 11.5. The van der Waals surface area contributed by atoms with Crippen molar-refractivity contribution in [3.8, 4) is 0 Å². The molecule has 5 nitrogen and oxygen atoms in total. The zero-order valence-corrected chi connectivity index (χ0v) is 19.1. The molecular weight excluding hydrogens is 455 g/mol. The van der Waals surface area contributed by atoms with Gasteiger partial charge in [0, 0.05) is 30.5 Å². The van der Waals surface area contributed by atoms with E-state index in [-0.39, 0.29) is 24.5 Å². The van der Waals surface area contributed by atoms with Gasteiger partial charge in [-0.2, -0.15) is 0 Å². The Morgan fingerprint density at radius 1 is 1.06 bits per heavy atom. The van der Waals surface area contributed by atoms with Crippen LogP contribution in [0.15, 0.2) is 60.9 Å². The number of aromatic nitrogens is 1. The van der Waals surface area contributed by atoms with Gasteiger partial charge in [0.2, 0.25) is 5.91 Å². The minimum atomic E-state index is -0.504. The number of rotatable bonds is 8. The predicted molar refractivity (Wildman–Crippen MR) is 127 cm³/mol. The average Bonchev–Trinajstić information content (AvgIpc) is 2.84. The predicted octanol–water partition coefficient (Wildman–Crippen LogP) is 4.78. The number of halogens is 3. The molecule has 0 aliphatic carbocycles. The number of amides is 1. The van der Waals surface area contributed by atoms with E-state index in [4.69, 9.17) is 4.74 Å². The van der Waals surface area contributed by atoms with Crippen molar-refractivity contribution >= 4 is 11.6 Å². The highest BCUT2D eigenvalue weighted by molar-refractivity contribution is 5.92. The van der Waals surface area contributed by atoms with Crippen molar-refractivity contribution in [1.82, 2.24) is 10.3 Å². The van der Waals surface area contributed by atoms with Gasteiger partial charge in [-0.25, -0.2) is 13.2 Å². The van der Waals surface area contributed by atoms with E-state index in [2.05, 4.69) is 22.5 Å². The lowest BCUT2D eigenvalue weighted by molar-refractivity contribution is -0.116. The first-order chi connectivity index (χ1) is 16.9. The molecule has 4 rings (SSSR count). The SMILES string of the molecule is [CH2][C@H]1CO[C@H](CCc2c(F)cncc2NC(=O)CC(c2ccc(F)cc2)c2ccc(F)cc2)CN1. The third-order valence-electron chi connectivity index (χ3n) is 6.10. The van der Waals surface area contributed by atoms with Gasteiger partial charge in [-0.1, -0.05) is 24.3 Å². The maximum atomic E-state index is 14.6. The molecule has 0 saturated carbocycles. The third kappa shape index (κ3) is 6.68. The number of morpholine rings is 1. The number of hydrogen-bond donors (Lipinski definition) is 2. The fourth-order valence-electron chi connectivity index (χ4n) is 4.19. The van der Waals surface area contributed by atoms with Crippen molar-refractivity contribution in [1.29, 1.82) is 0 Å². The van der Waals surface area contributed by atoms with Gasteiger partial charge in [0.25, 0.3) is 0 Å². The number of benzene rings is 2. The Morgan fingerprint density at radius 3 is 2.26 bits per heavy atom. The molecule has 8 heteroatoms. The average molecular weight is 483 g/mol. The molecule has 1 saturated heterocycles. The number of anilines is 1. The summed E-state index contributed by atoms with van der Waals surface area (Å²) < 4.78 is 47.3. The van der Waals surface area contributed by atoms with Crippen LogP contribution >= 0.6 is 0 Å². The lowest BCUT2D eigenvalue weighted by Crippen LogP contribution is -2.45. The first kappa shape index (κ1) is 24.9. The van der Waals surface area contributed by atoms with E-state index in [1.807, 2.05) is 0 Å². The highest BCUT2D eigenvalue weighted by atomic mass is 19.1. The van der Waals surface area contributed by atoms with Gasteiger partial charge in [0.1, 0.15) is 17.5 Å². The summed E-state index contributed by atoms with van der Waals surface area (Å²) in [6, 6.07) is 11.7. The molecule has 1 fully saturated rings. The lowest BCUT2D eigenvalue weighted by Gasteiger charge is -2.28. The zero-order chi connectivity index (χ0) is 24.8. The molecule has 2 N–H and O–H groups in total. The molecule has 35 heavy (non-hydrogen) atoms. The van der Waals surface area contributed by atoms with Crippen LogP contribution in [0.4, 0.5) is 18.9 Å². The van der Waals surface area contributed by atoms with E-state index in [9.17, 15) is 18.0 Å². The number of carbonyl (C=O) groups excluding carboxylic acids is 1. The van der Waals surface area contributed by atoms with Crippen molar-refractivity contribution < 1.29 is 22.7 Å². The van der Waals surface area contributed by atoms with Crippen molar-refractivity contribution in [2.75, 3.05) is 18.5 Å². The van der Waals surface area contributed by atoms with Crippen LogP contribution in [0.25, 0.3) is 0 Å². The fourth-order valence-corrected chi connectivity index (χ4v) is 4.19. The smallest absolute Gasteiger partial charge is 0.225 e. The van der Waals surface area contributed by atoms with Crippen LogP contribution in [-0.2, 0) is 16.0 Å². The van der Waals surface area contributed by atoms with Gasteiger partial charge in [-0.3, -0.25) is 9.78 Å². The van der Waals surface area contributed by atoms with Gasteiger partial charge in [-0.15, -0.1) is 0 Å². The first-order valence-corrected chi connectivity index (χ1v) is 11.5. The summed E-state index contributed by atoms with van der Waals surface area (Å²) in [7, 11) is 0. The van der Waals surface area contributed by atoms with E-state index in [1.165, 1.54) is 30.5 Å². The van der Waals surface area contributed by atoms with E-state index in [0.717, 1.165) is 6.20 Å². The standard InChI is InChI=1S/C27H27F3N3O2/c1-17-16-35-22(13-32-17)10-11-23-25(30)14-31-15-26(23)33-27(34)12-24(18-2-6-20(28)7-3-18)19-4-8-21(29)9-5-19/h2-9,14-15,17,22,24,32H,1,10-13,16H2,(H,33,34)/t17-,22+/m0/s1. The third-order valence-corrected chi connectivity index (χ3v) is 6.10. The highest BCUT2D eigenvalue weighted by Gasteiger charge is 2.22. The summed E-state index contributed by atoms with van der Waals surface area (Å²) in [6.07, 6.45) is 3.39. The van der Waals surface area contributed by atoms with Crippen LogP contribution in [0, 0.1) is 24.4 Å². The van der Waals surface area contributed by atoms with Gasteiger partial charge >= 0.3 is 0 Å². The number of pyridine rings is 1. The second-order valence-corrected chi connectivity index (χ2v) is 8.65. The zero-order valence-electron chi connectivity index (χ0n) is 19.1. The van der Waals surface area contributed by atoms with Crippen molar-refractivity contribution in [2.24, 2.45) is 0 Å². The monoisotopic (exact) mass is 482 g/mol. The molecular formula is C27H27F3N3O2. The van der Waals surface area contributed by atoms with E-state index < -0.39 is 23.4 Å². The van der Waals surface area contributed by atoms with Crippen molar-refractivity contribution in [3.63, 3.8) is 0 Å². The maximum absolute atomic E-state index is 14.6. The van der Waals surface area contributed by atoms with Gasteiger partial charge in [0.15, 0.2) is 0 Å². The lowest BCUT2D eigenvalue weighted by atomic mass is 9.88. The number of nitrogens with zero attached hydrogens (tertiary/aromatic N) is 1. The van der Waals surface area contributed by atoms with E-state index in [1.54, 1.807) is 24.3 Å². The molecule has 3 aromatic rings. The molecule has 1 aliphatic rings. The van der Waals surface area contributed by atoms with Crippen LogP contribution in [0.3, 0.4) is 0 Å². The second-order valence-electron chi connectivity index (χ2n) is 8.65. The molecule has 1 amide bonds. The Morgan fingerprint density at radius 2 is 1.69 bits per heavy atom. The molecule has 2 aromatic carbocycles. The van der Waals surface area contributed by atoms with Crippen LogP contribution in [0.2, 0.25) is 0 Å². The highest BCUT2D eigenvalue weighted by Crippen LogP contribution is 2.30. The van der Waals surface area contributed by atoms with Gasteiger partial charge in [0.05, 0.1) is 30.8 Å². The Hall–Kier alpha value is -3.23. The summed E-state index contributed by atoms with van der Waals surface area (Å²) in [6.45, 7) is 5.01. The molecule has 0 unspecified atom stereocenters. The van der Waals surface area contributed by atoms with Gasteiger partial charge < -0.3 is 15.4 Å². The Kier molecular flexibility index (Phi) is 8.15. The van der Waals surface area contributed by atoms with Crippen LogP contribution in [-0.4, -0.2) is 36.2 Å². The Labute approximate surface area is 202 Å². The number of hydrogen-bond acceptors (Lipinski definition) is 4. The number of carbonyl (C=O) groups is 1. The molecule has 0 spiro atoms. The molecule has 1 aliphatic heterocycles. The van der Waals surface area contributed by atoms with Crippen LogP contribution < -0.4 is 10.6 Å². The van der Waals surface area contributed by atoms with E-state index >= 15 is 0 Å². The fraction of sp³-hybridized carbons (Fsp3) is 0.296. The summed E-state index contributed by atoms with van der Waals surface area (Å²) in [5.74, 6) is -2.11. The van der Waals surface area contributed by atoms with Crippen molar-refractivity contribution in [3.05, 3.63) is 102 Å². The summed E-state index contributed by atoms with van der Waals surface area (Å²) >= 11 is 0. The maximum Gasteiger partial charge on any atom is 0.225 e. The molecule has 2 heterocycles. The summed E-state index contributed by atoms with van der Waals surface area (Å²) in [4.78, 5) is 17.0. The molecule has 2 atom stereocenters. The minimum Gasteiger partial charge on any atom is -0.375 e. The second kappa shape index (κ2) is 11.5. The summed E-state index contributed by atoms with van der Waals surface area (Å²) in [5.41, 5.74) is 2.06. The Balaban J connectivity index is 1.49. The van der Waals surface area contributed by atoms with Gasteiger partial charge in [-0.05, 0) is 55.2 Å². The number of ether oxygens (including phenoxy) is 1. The van der Waals surface area contributed by atoms with Crippen molar-refractivity contribution in [2.45, 2.75) is 37.3 Å².